The predicted octanol–water partition coefficient (Wildman–Crippen LogP) is 1.29. The van der Waals surface area contributed by atoms with Gasteiger partial charge >= 0.3 is 5.97 Å². The van der Waals surface area contributed by atoms with Gasteiger partial charge in [-0.3, -0.25) is 4.79 Å². The Kier molecular flexibility index (Phi) is 9.01. The second kappa shape index (κ2) is 9.81. The summed E-state index contributed by atoms with van der Waals surface area (Å²) in [4.78, 5) is 10.2. The van der Waals surface area contributed by atoms with E-state index in [9.17, 15) is 4.79 Å². The fourth-order valence-corrected chi connectivity index (χ4v) is 1.19. The zero-order valence-electron chi connectivity index (χ0n) is 10.4. The van der Waals surface area contributed by atoms with Gasteiger partial charge in [0.15, 0.2) is 0 Å². The van der Waals surface area contributed by atoms with Gasteiger partial charge in [-0.05, 0) is 26.0 Å². The first kappa shape index (κ1) is 15.6. The van der Waals surface area contributed by atoms with Gasteiger partial charge in [0.1, 0.15) is 0 Å². The van der Waals surface area contributed by atoms with Gasteiger partial charge in [0, 0.05) is 13.0 Å². The minimum absolute atomic E-state index is 0.212. The molecule has 17 heavy (non-hydrogen) atoms. The Bertz CT molecular complexity index is 299. The summed E-state index contributed by atoms with van der Waals surface area (Å²) in [6.45, 7) is 2.43. The van der Waals surface area contributed by atoms with E-state index in [1.807, 2.05) is 37.4 Å². The van der Waals surface area contributed by atoms with Crippen LogP contribution in [0, 0.1) is 0 Å². The molecule has 96 valence electrons. The van der Waals surface area contributed by atoms with Crippen LogP contribution in [0.3, 0.4) is 0 Å². The Morgan fingerprint density at radius 3 is 2.29 bits per heavy atom. The third-order valence-corrected chi connectivity index (χ3v) is 1.97. The maximum absolute atomic E-state index is 10.2. The second-order valence-corrected chi connectivity index (χ2v) is 3.79. The Morgan fingerprint density at radius 1 is 1.35 bits per heavy atom. The third kappa shape index (κ3) is 10.9. The number of rotatable bonds is 5. The summed E-state index contributed by atoms with van der Waals surface area (Å²) >= 11 is 0. The molecule has 0 spiro atoms. The monoisotopic (exact) mass is 239 g/mol. The average Bonchev–Trinajstić information content (AvgIpc) is 2.28. The van der Waals surface area contributed by atoms with E-state index in [-0.39, 0.29) is 12.5 Å². The highest BCUT2D eigenvalue weighted by Gasteiger charge is 1.96. The van der Waals surface area contributed by atoms with E-state index in [0.29, 0.717) is 13.0 Å². The van der Waals surface area contributed by atoms with Gasteiger partial charge in [0.25, 0.3) is 0 Å². The zero-order valence-corrected chi connectivity index (χ0v) is 10.4. The van der Waals surface area contributed by atoms with Crippen molar-refractivity contribution in [3.05, 3.63) is 35.9 Å². The van der Waals surface area contributed by atoms with Crippen molar-refractivity contribution in [1.29, 1.82) is 0 Å². The van der Waals surface area contributed by atoms with Gasteiger partial charge in [-0.1, -0.05) is 30.3 Å². The van der Waals surface area contributed by atoms with E-state index in [2.05, 4.69) is 5.32 Å². The smallest absolute Gasteiger partial charge is 0.303 e. The van der Waals surface area contributed by atoms with Gasteiger partial charge in [-0.25, -0.2) is 0 Å². The molecule has 0 bridgehead atoms. The second-order valence-electron chi connectivity index (χ2n) is 3.79. The molecule has 0 aliphatic rings. The molecule has 0 amide bonds. The van der Waals surface area contributed by atoms with E-state index in [1.54, 1.807) is 6.92 Å². The van der Waals surface area contributed by atoms with E-state index in [4.69, 9.17) is 10.2 Å². The lowest BCUT2D eigenvalue weighted by Gasteiger charge is -1.97. The van der Waals surface area contributed by atoms with Crippen molar-refractivity contribution in [3.63, 3.8) is 0 Å². The van der Waals surface area contributed by atoms with Crippen molar-refractivity contribution in [2.75, 3.05) is 13.6 Å². The number of likely N-dealkylation sites (N-methyl/N-ethyl adjacent to an activating group) is 1. The van der Waals surface area contributed by atoms with E-state index < -0.39 is 5.97 Å². The number of nitrogens with one attached hydrogen (secondary N) is 1. The summed E-state index contributed by atoms with van der Waals surface area (Å²) in [5.74, 6) is -0.742. The van der Waals surface area contributed by atoms with Crippen LogP contribution in [0.5, 0.6) is 0 Å². The summed E-state index contributed by atoms with van der Waals surface area (Å²) < 4.78 is 0. The van der Waals surface area contributed by atoms with E-state index >= 15 is 0 Å². The predicted molar refractivity (Wildman–Crippen MR) is 68.0 cm³/mol. The fraction of sp³-hybridized carbons (Fsp3) is 0.462. The van der Waals surface area contributed by atoms with Crippen molar-refractivity contribution < 1.29 is 15.0 Å². The molecule has 4 heteroatoms. The first-order chi connectivity index (χ1) is 8.06. The van der Waals surface area contributed by atoms with Crippen LogP contribution in [0.25, 0.3) is 0 Å². The fourth-order valence-electron chi connectivity index (χ4n) is 1.19. The normalized spacial score (nSPS) is 11.2. The van der Waals surface area contributed by atoms with Crippen LogP contribution >= 0.6 is 0 Å². The summed E-state index contributed by atoms with van der Waals surface area (Å²) in [6.07, 6.45) is 0.621. The number of carboxylic acids is 1. The van der Waals surface area contributed by atoms with Gasteiger partial charge in [-0.15, -0.1) is 0 Å². The number of aliphatic carboxylic acids is 1. The Morgan fingerprint density at radius 2 is 1.94 bits per heavy atom. The minimum Gasteiger partial charge on any atom is -0.481 e. The molecule has 1 aromatic carbocycles. The third-order valence-electron chi connectivity index (χ3n) is 1.97. The molecule has 0 fully saturated rings. The maximum atomic E-state index is 10.2. The number of hydrogen-bond acceptors (Lipinski definition) is 3. The van der Waals surface area contributed by atoms with Gasteiger partial charge in [0.05, 0.1) is 6.10 Å². The van der Waals surface area contributed by atoms with Crippen LogP contribution in [0.2, 0.25) is 0 Å². The number of hydrogen-bond donors (Lipinski definition) is 3. The van der Waals surface area contributed by atoms with Gasteiger partial charge in [0.2, 0.25) is 0 Å². The summed E-state index contributed by atoms with van der Waals surface area (Å²) in [5.41, 5.74) is 1.08. The van der Waals surface area contributed by atoms with Crippen LogP contribution in [0.4, 0.5) is 0 Å². The largest absolute Gasteiger partial charge is 0.481 e. The molecule has 1 atom stereocenters. The molecule has 1 aromatic rings. The molecule has 0 saturated carbocycles. The van der Waals surface area contributed by atoms with Gasteiger partial charge in [-0.2, -0.15) is 0 Å². The van der Waals surface area contributed by atoms with Crippen molar-refractivity contribution in [1.82, 2.24) is 5.32 Å². The first-order valence-electron chi connectivity index (χ1n) is 5.64. The standard InChI is InChI=1S/C9H10O2.C4H11NO/c10-9(11)7-6-8-4-2-1-3-5-8;1-4(6)3-5-2/h1-5H,6-7H2,(H,10,11);4-6H,3H2,1-2H3. The molecule has 1 unspecified atom stereocenters. The Hall–Kier alpha value is -1.39. The number of aliphatic hydroxyl groups is 1. The van der Waals surface area contributed by atoms with Gasteiger partial charge < -0.3 is 15.5 Å². The molecule has 0 aliphatic carbocycles. The van der Waals surface area contributed by atoms with Crippen LogP contribution < -0.4 is 5.32 Å². The number of aryl methyl sites for hydroxylation is 1. The lowest BCUT2D eigenvalue weighted by Crippen LogP contribution is -2.19. The molecule has 0 aromatic heterocycles. The minimum atomic E-state index is -0.742. The highest BCUT2D eigenvalue weighted by atomic mass is 16.4. The molecule has 0 aliphatic heterocycles. The highest BCUT2D eigenvalue weighted by molar-refractivity contribution is 5.67. The van der Waals surface area contributed by atoms with Crippen molar-refractivity contribution in [2.24, 2.45) is 0 Å². The van der Waals surface area contributed by atoms with Crippen LogP contribution in [0.15, 0.2) is 30.3 Å². The van der Waals surface area contributed by atoms with E-state index in [0.717, 1.165) is 5.56 Å². The van der Waals surface area contributed by atoms with Crippen LogP contribution in [-0.4, -0.2) is 35.9 Å². The van der Waals surface area contributed by atoms with Crippen molar-refractivity contribution in [2.45, 2.75) is 25.9 Å². The molecular weight excluding hydrogens is 218 g/mol. The molecule has 4 nitrogen and oxygen atoms in total. The summed E-state index contributed by atoms with van der Waals surface area (Å²) in [6, 6.07) is 9.62. The molecule has 3 N–H and O–H groups in total. The Balaban J connectivity index is 0.000000366. The van der Waals surface area contributed by atoms with Crippen LogP contribution in [0.1, 0.15) is 18.9 Å². The quantitative estimate of drug-likeness (QED) is 0.724. The lowest BCUT2D eigenvalue weighted by atomic mass is 10.1. The summed E-state index contributed by atoms with van der Waals surface area (Å²) in [5, 5.41) is 19.7. The summed E-state index contributed by atoms with van der Waals surface area (Å²) in [7, 11) is 1.81. The molecule has 0 saturated heterocycles. The number of benzene rings is 1. The van der Waals surface area contributed by atoms with E-state index in [1.165, 1.54) is 0 Å². The first-order valence-corrected chi connectivity index (χ1v) is 5.64. The number of carboxylic acid groups (broad SMARTS) is 1. The Labute approximate surface area is 102 Å². The highest BCUT2D eigenvalue weighted by Crippen LogP contribution is 2.01. The van der Waals surface area contributed by atoms with Crippen molar-refractivity contribution in [3.8, 4) is 0 Å². The molecule has 0 radical (unpaired) electrons. The SMILES string of the molecule is CNCC(C)O.O=C(O)CCc1ccccc1. The topological polar surface area (TPSA) is 69.6 Å². The average molecular weight is 239 g/mol. The molecule has 0 heterocycles. The number of aliphatic hydroxyl groups excluding tert-OH is 1. The van der Waals surface area contributed by atoms with Crippen LogP contribution in [-0.2, 0) is 11.2 Å². The molecular formula is C13H21NO3. The van der Waals surface area contributed by atoms with Crippen molar-refractivity contribution >= 4 is 5.97 Å². The zero-order chi connectivity index (χ0) is 13.1. The lowest BCUT2D eigenvalue weighted by molar-refractivity contribution is -0.136. The molecule has 1 rings (SSSR count). The maximum Gasteiger partial charge on any atom is 0.303 e. The number of carbonyl (C=O) groups is 1.